The van der Waals surface area contributed by atoms with Gasteiger partial charge in [0.2, 0.25) is 0 Å². The van der Waals surface area contributed by atoms with Gasteiger partial charge in [-0.2, -0.15) is 4.98 Å². The summed E-state index contributed by atoms with van der Waals surface area (Å²) in [5.41, 5.74) is 14.5. The predicted octanol–water partition coefficient (Wildman–Crippen LogP) is 5.31. The van der Waals surface area contributed by atoms with Gasteiger partial charge in [0.25, 0.3) is 0 Å². The number of nitrogens with zero attached hydrogens (tertiary/aromatic N) is 4. The molecule has 45 heavy (non-hydrogen) atoms. The minimum absolute atomic E-state index is 0.00209. The minimum atomic E-state index is -0.734. The Balaban J connectivity index is 1.55. The van der Waals surface area contributed by atoms with E-state index >= 15 is 4.39 Å². The number of fused-ring (bicyclic) bond motifs is 1. The van der Waals surface area contributed by atoms with Crippen LogP contribution in [0.3, 0.4) is 0 Å². The Morgan fingerprint density at radius 3 is 2.64 bits per heavy atom. The maximum absolute atomic E-state index is 15.2. The number of hydrogen-bond donors (Lipinski definition) is 4. The fourth-order valence-corrected chi connectivity index (χ4v) is 5.72. The highest BCUT2D eigenvalue weighted by Gasteiger charge is 2.18. The molecule has 0 aliphatic carbocycles. The van der Waals surface area contributed by atoms with E-state index in [1.54, 1.807) is 24.4 Å². The number of hydrogen-bond acceptors (Lipinski definition) is 6. The number of aliphatic imine (C=N–C) groups is 1. The van der Waals surface area contributed by atoms with Crippen molar-refractivity contribution in [1.82, 2.24) is 19.4 Å². The first-order valence-corrected chi connectivity index (χ1v) is 15.6. The zero-order chi connectivity index (χ0) is 32.5. The number of H-pyrrole nitrogens is 1. The van der Waals surface area contributed by atoms with Gasteiger partial charge in [-0.05, 0) is 80.6 Å². The summed E-state index contributed by atoms with van der Waals surface area (Å²) in [6.45, 7) is 2.57. The number of alkyl halides is 1. The number of aliphatic hydroxyl groups excluding tert-OH is 1. The van der Waals surface area contributed by atoms with Gasteiger partial charge >= 0.3 is 5.69 Å². The number of aryl methyl sites for hydroxylation is 1. The highest BCUT2D eigenvalue weighted by Crippen LogP contribution is 2.32. The fourth-order valence-electron chi connectivity index (χ4n) is 5.48. The summed E-state index contributed by atoms with van der Waals surface area (Å²) in [6, 6.07) is 12.8. The van der Waals surface area contributed by atoms with E-state index in [0.717, 1.165) is 43.4 Å². The molecule has 0 saturated carbocycles. The molecule has 0 spiro atoms. The maximum atomic E-state index is 15.2. The van der Waals surface area contributed by atoms with Crippen molar-refractivity contribution in [2.45, 2.75) is 57.5 Å². The molecule has 0 aliphatic rings. The van der Waals surface area contributed by atoms with E-state index in [0.29, 0.717) is 41.8 Å². The van der Waals surface area contributed by atoms with Gasteiger partial charge in [-0.25, -0.2) is 13.6 Å². The van der Waals surface area contributed by atoms with Crippen LogP contribution in [0.25, 0.3) is 28.0 Å². The maximum Gasteiger partial charge on any atom is 0.354 e. The van der Waals surface area contributed by atoms with Gasteiger partial charge in [-0.3, -0.25) is 14.5 Å². The molecule has 0 saturated heterocycles. The lowest BCUT2D eigenvalue weighted by Crippen LogP contribution is -2.26. The topological polar surface area (TPSA) is 139 Å². The molecule has 9 nitrogen and oxygen atoms in total. The Bertz CT molecular complexity index is 1660. The van der Waals surface area contributed by atoms with Crippen molar-refractivity contribution in [1.29, 1.82) is 0 Å². The summed E-state index contributed by atoms with van der Waals surface area (Å²) in [7, 11) is 2.06. The Morgan fingerprint density at radius 2 is 1.96 bits per heavy atom. The predicted molar refractivity (Wildman–Crippen MR) is 177 cm³/mol. The molecule has 12 heteroatoms. The van der Waals surface area contributed by atoms with E-state index in [1.807, 2.05) is 24.3 Å². The average molecular weight is 642 g/mol. The number of rotatable bonds is 16. The minimum Gasteiger partial charge on any atom is -0.395 e. The van der Waals surface area contributed by atoms with E-state index < -0.39 is 18.2 Å². The lowest BCUT2D eigenvalue weighted by molar-refractivity contribution is 0.230. The van der Waals surface area contributed by atoms with Crippen molar-refractivity contribution >= 4 is 28.5 Å². The van der Waals surface area contributed by atoms with Gasteiger partial charge in [-0.15, -0.1) is 0 Å². The van der Waals surface area contributed by atoms with Crippen molar-refractivity contribution in [2.24, 2.45) is 16.5 Å². The van der Waals surface area contributed by atoms with Gasteiger partial charge in [0.1, 0.15) is 18.2 Å². The van der Waals surface area contributed by atoms with Crippen molar-refractivity contribution in [3.63, 3.8) is 0 Å². The zero-order valence-corrected chi connectivity index (χ0v) is 26.5. The van der Waals surface area contributed by atoms with Crippen molar-refractivity contribution < 1.29 is 13.9 Å². The first-order valence-electron chi connectivity index (χ1n) is 15.3. The van der Waals surface area contributed by atoms with Crippen LogP contribution in [0.15, 0.2) is 58.4 Å². The molecule has 0 aliphatic heterocycles. The van der Waals surface area contributed by atoms with E-state index in [-0.39, 0.29) is 35.1 Å². The molecule has 6 N–H and O–H groups in total. The van der Waals surface area contributed by atoms with Crippen LogP contribution in [0.5, 0.6) is 0 Å². The summed E-state index contributed by atoms with van der Waals surface area (Å²) in [6.07, 6.45) is 6.37. The highest BCUT2D eigenvalue weighted by molar-refractivity contribution is 6.31. The Hall–Kier alpha value is -3.64. The molecule has 2 aromatic heterocycles. The standard InChI is InChI=1S/C33H42ClF2N7O2/c1-3-6-29(42(2)14-5-13-39-30(38)18-35)22-9-11-25(12-10-22)43-19-23-17-28(40-32(23)41-33(43)45)26-15-21(16-27(34)31(26)36)7-4-8-24(37)20-44/h9-12,15-17,19,24,29,44H,3-8,13-14,18,20,37H2,1-2H3,(H2,38,39)(H,40,41,45). The van der Waals surface area contributed by atoms with Gasteiger partial charge in [0, 0.05) is 42.3 Å². The average Bonchev–Trinajstić information content (AvgIpc) is 3.45. The monoisotopic (exact) mass is 641 g/mol. The first-order chi connectivity index (χ1) is 21.6. The fraction of sp³-hybridized carbons (Fsp3) is 0.424. The Kier molecular flexibility index (Phi) is 12.2. The van der Waals surface area contributed by atoms with Crippen molar-refractivity contribution in [2.75, 3.05) is 33.4 Å². The quantitative estimate of drug-likeness (QED) is 0.0744. The molecule has 0 fully saturated rings. The number of aromatic amines is 1. The number of nitrogens with one attached hydrogen (secondary N) is 1. The van der Waals surface area contributed by atoms with Crippen molar-refractivity contribution in [3.8, 4) is 16.9 Å². The molecule has 2 aromatic carbocycles. The summed E-state index contributed by atoms with van der Waals surface area (Å²) < 4.78 is 29.2. The molecule has 0 amide bonds. The van der Waals surface area contributed by atoms with Crippen LogP contribution in [-0.2, 0) is 6.42 Å². The van der Waals surface area contributed by atoms with E-state index in [1.165, 1.54) is 4.57 Å². The second-order valence-electron chi connectivity index (χ2n) is 11.4. The van der Waals surface area contributed by atoms with E-state index in [2.05, 4.69) is 33.8 Å². The third kappa shape index (κ3) is 8.76. The van der Waals surface area contributed by atoms with Crippen LogP contribution >= 0.6 is 11.6 Å². The molecular formula is C33H42ClF2N7O2. The second-order valence-corrected chi connectivity index (χ2v) is 11.8. The zero-order valence-electron chi connectivity index (χ0n) is 25.8. The lowest BCUT2D eigenvalue weighted by atomic mass is 10.0. The summed E-state index contributed by atoms with van der Waals surface area (Å²) in [4.78, 5) is 26.7. The number of halogens is 3. The highest BCUT2D eigenvalue weighted by atomic mass is 35.5. The molecule has 0 bridgehead atoms. The number of benzene rings is 2. The number of amidine groups is 1. The van der Waals surface area contributed by atoms with Gasteiger partial charge in [-0.1, -0.05) is 37.1 Å². The van der Waals surface area contributed by atoms with E-state index in [9.17, 15) is 9.18 Å². The molecule has 2 unspecified atom stereocenters. The SMILES string of the molecule is CCCC(c1ccc(-n2cc3cc(-c4cc(CCCC(N)CO)cc(Cl)c4F)[nH]c3nc2=O)cc1)N(C)CCCN=C(N)CF. The van der Waals surface area contributed by atoms with Gasteiger partial charge < -0.3 is 21.6 Å². The molecule has 0 radical (unpaired) electrons. The molecule has 242 valence electrons. The molecule has 2 atom stereocenters. The van der Waals surface area contributed by atoms with Crippen LogP contribution in [0.2, 0.25) is 5.02 Å². The largest absolute Gasteiger partial charge is 0.395 e. The lowest BCUT2D eigenvalue weighted by Gasteiger charge is -2.28. The third-order valence-electron chi connectivity index (χ3n) is 7.93. The number of aliphatic hydroxyl groups is 1. The van der Waals surface area contributed by atoms with Gasteiger partial charge in [0.15, 0.2) is 5.82 Å². The molecule has 4 aromatic rings. The van der Waals surface area contributed by atoms with E-state index in [4.69, 9.17) is 28.2 Å². The first kappa shape index (κ1) is 34.2. The molecule has 2 heterocycles. The van der Waals surface area contributed by atoms with Crippen LogP contribution in [0.4, 0.5) is 8.78 Å². The summed E-state index contributed by atoms with van der Waals surface area (Å²) >= 11 is 6.24. The Morgan fingerprint density at radius 1 is 1.20 bits per heavy atom. The van der Waals surface area contributed by atoms with Crippen LogP contribution in [0, 0.1) is 5.82 Å². The third-order valence-corrected chi connectivity index (χ3v) is 8.21. The molecule has 4 rings (SSSR count). The Labute approximate surface area is 266 Å². The summed E-state index contributed by atoms with van der Waals surface area (Å²) in [5, 5.41) is 9.81. The summed E-state index contributed by atoms with van der Waals surface area (Å²) in [5.74, 6) is -0.539. The van der Waals surface area contributed by atoms with Crippen LogP contribution in [0.1, 0.15) is 56.2 Å². The van der Waals surface area contributed by atoms with Crippen LogP contribution in [-0.4, -0.2) is 69.8 Å². The number of nitrogens with two attached hydrogens (primary N) is 2. The van der Waals surface area contributed by atoms with Gasteiger partial charge in [0.05, 0.1) is 23.0 Å². The number of aromatic nitrogens is 3. The van der Waals surface area contributed by atoms with Crippen molar-refractivity contribution in [3.05, 3.63) is 81.1 Å². The smallest absolute Gasteiger partial charge is 0.354 e. The second kappa shape index (κ2) is 16.1. The molecular weight excluding hydrogens is 600 g/mol. The normalized spacial score (nSPS) is 13.6. The van der Waals surface area contributed by atoms with Crippen LogP contribution < -0.4 is 17.2 Å².